The summed E-state index contributed by atoms with van der Waals surface area (Å²) in [7, 11) is 0. The second-order valence-electron chi connectivity index (χ2n) is 4.05. The molecular weight excluding hydrogens is 229 g/mol. The molecule has 0 spiro atoms. The molecule has 1 unspecified atom stereocenters. The lowest BCUT2D eigenvalue weighted by Gasteiger charge is -2.20. The molecule has 3 nitrogen and oxygen atoms in total. The highest BCUT2D eigenvalue weighted by Crippen LogP contribution is 2.25. The molecule has 94 valence electrons. The number of aromatic nitrogens is 1. The zero-order chi connectivity index (χ0) is 13.0. The van der Waals surface area contributed by atoms with Crippen molar-refractivity contribution in [3.8, 4) is 0 Å². The first-order valence-electron chi connectivity index (χ1n) is 5.90. The number of anilines is 1. The van der Waals surface area contributed by atoms with Gasteiger partial charge in [0.05, 0.1) is 6.04 Å². The molecule has 1 atom stereocenters. The molecule has 0 bridgehead atoms. The third kappa shape index (κ3) is 2.65. The molecule has 3 N–H and O–H groups in total. The Labute approximate surface area is 106 Å². The van der Waals surface area contributed by atoms with Gasteiger partial charge in [0.15, 0.2) is 0 Å². The van der Waals surface area contributed by atoms with Crippen molar-refractivity contribution in [2.24, 2.45) is 0 Å². The lowest BCUT2D eigenvalue weighted by molar-refractivity contribution is 0.613. The normalized spacial score (nSPS) is 12.3. The molecule has 18 heavy (non-hydrogen) atoms. The van der Waals surface area contributed by atoms with Gasteiger partial charge in [-0.1, -0.05) is 19.1 Å². The van der Waals surface area contributed by atoms with Crippen molar-refractivity contribution in [3.63, 3.8) is 0 Å². The Morgan fingerprint density at radius 2 is 2.00 bits per heavy atom. The predicted octanol–water partition coefficient (Wildman–Crippen LogP) is 2.50. The van der Waals surface area contributed by atoms with E-state index in [0.29, 0.717) is 5.69 Å². The Morgan fingerprint density at radius 1 is 1.28 bits per heavy atom. The van der Waals surface area contributed by atoms with Crippen LogP contribution in [-0.2, 0) is 0 Å². The van der Waals surface area contributed by atoms with Gasteiger partial charge in [-0.2, -0.15) is 0 Å². The van der Waals surface area contributed by atoms with Crippen molar-refractivity contribution < 1.29 is 4.39 Å². The average molecular weight is 245 g/mol. The van der Waals surface area contributed by atoms with E-state index >= 15 is 0 Å². The van der Waals surface area contributed by atoms with Gasteiger partial charge >= 0.3 is 0 Å². The lowest BCUT2D eigenvalue weighted by atomic mass is 9.99. The maximum atomic E-state index is 13.0. The van der Waals surface area contributed by atoms with Gasteiger partial charge in [-0.25, -0.2) is 4.39 Å². The molecule has 1 aromatic heterocycles. The van der Waals surface area contributed by atoms with E-state index in [2.05, 4.69) is 10.3 Å². The Kier molecular flexibility index (Phi) is 3.89. The molecule has 0 aliphatic carbocycles. The number of pyridine rings is 1. The van der Waals surface area contributed by atoms with Gasteiger partial charge in [0, 0.05) is 23.6 Å². The summed E-state index contributed by atoms with van der Waals surface area (Å²) < 4.78 is 13.0. The average Bonchev–Trinajstić information content (AvgIpc) is 2.38. The van der Waals surface area contributed by atoms with Crippen molar-refractivity contribution in [1.29, 1.82) is 0 Å². The zero-order valence-electron chi connectivity index (χ0n) is 10.2. The van der Waals surface area contributed by atoms with Crippen LogP contribution in [0.1, 0.15) is 24.1 Å². The second kappa shape index (κ2) is 5.60. The smallest absolute Gasteiger partial charge is 0.123 e. The van der Waals surface area contributed by atoms with Crippen molar-refractivity contribution in [3.05, 3.63) is 59.7 Å². The number of rotatable bonds is 4. The van der Waals surface area contributed by atoms with Crippen molar-refractivity contribution in [1.82, 2.24) is 10.3 Å². The SMILES string of the molecule is CCNC(c1ccc(F)cc1)c1cnccc1N. The third-order valence-electron chi connectivity index (χ3n) is 2.81. The largest absolute Gasteiger partial charge is 0.398 e. The summed E-state index contributed by atoms with van der Waals surface area (Å²) in [5, 5.41) is 3.33. The Balaban J connectivity index is 2.40. The summed E-state index contributed by atoms with van der Waals surface area (Å²) in [5.74, 6) is -0.242. The highest BCUT2D eigenvalue weighted by atomic mass is 19.1. The zero-order valence-corrected chi connectivity index (χ0v) is 10.2. The molecule has 0 radical (unpaired) electrons. The number of hydrogen-bond acceptors (Lipinski definition) is 3. The number of halogens is 1. The second-order valence-corrected chi connectivity index (χ2v) is 4.05. The van der Waals surface area contributed by atoms with Gasteiger partial charge in [0.1, 0.15) is 5.82 Å². The molecule has 0 fully saturated rings. The quantitative estimate of drug-likeness (QED) is 0.870. The van der Waals surface area contributed by atoms with Crippen molar-refractivity contribution >= 4 is 5.69 Å². The van der Waals surface area contributed by atoms with Gasteiger partial charge in [0.2, 0.25) is 0 Å². The molecule has 0 saturated heterocycles. The Hall–Kier alpha value is -1.94. The molecule has 1 aromatic carbocycles. The van der Waals surface area contributed by atoms with Crippen LogP contribution in [0.5, 0.6) is 0 Å². The molecule has 2 aromatic rings. The van der Waals surface area contributed by atoms with E-state index in [9.17, 15) is 4.39 Å². The molecule has 0 aliphatic rings. The monoisotopic (exact) mass is 245 g/mol. The minimum absolute atomic E-state index is 0.0655. The summed E-state index contributed by atoms with van der Waals surface area (Å²) in [5.41, 5.74) is 8.52. The fourth-order valence-electron chi connectivity index (χ4n) is 1.93. The summed E-state index contributed by atoms with van der Waals surface area (Å²) in [4.78, 5) is 4.10. The molecule has 0 saturated carbocycles. The number of nitrogens with two attached hydrogens (primary N) is 1. The number of benzene rings is 1. The minimum atomic E-state index is -0.242. The van der Waals surface area contributed by atoms with Crippen LogP contribution in [0.15, 0.2) is 42.7 Å². The first-order chi connectivity index (χ1) is 8.72. The fraction of sp³-hybridized carbons (Fsp3) is 0.214. The number of hydrogen-bond donors (Lipinski definition) is 2. The Bertz CT molecular complexity index is 511. The van der Waals surface area contributed by atoms with Crippen molar-refractivity contribution in [2.45, 2.75) is 13.0 Å². The third-order valence-corrected chi connectivity index (χ3v) is 2.81. The summed E-state index contributed by atoms with van der Waals surface area (Å²) >= 11 is 0. The van der Waals surface area contributed by atoms with Crippen LogP contribution in [-0.4, -0.2) is 11.5 Å². The molecule has 0 amide bonds. The van der Waals surface area contributed by atoms with Crippen LogP contribution in [0.3, 0.4) is 0 Å². The molecule has 4 heteroatoms. The van der Waals surface area contributed by atoms with E-state index in [1.165, 1.54) is 12.1 Å². The predicted molar refractivity (Wildman–Crippen MR) is 70.6 cm³/mol. The van der Waals surface area contributed by atoms with Gasteiger partial charge in [-0.05, 0) is 30.3 Å². The lowest BCUT2D eigenvalue weighted by Crippen LogP contribution is -2.23. The van der Waals surface area contributed by atoms with E-state index in [1.54, 1.807) is 30.6 Å². The maximum Gasteiger partial charge on any atom is 0.123 e. The van der Waals surface area contributed by atoms with E-state index in [0.717, 1.165) is 17.7 Å². The van der Waals surface area contributed by atoms with E-state index < -0.39 is 0 Å². The first kappa shape index (κ1) is 12.5. The van der Waals surface area contributed by atoms with Gasteiger partial charge in [-0.15, -0.1) is 0 Å². The van der Waals surface area contributed by atoms with Crippen molar-refractivity contribution in [2.75, 3.05) is 12.3 Å². The summed E-state index contributed by atoms with van der Waals surface area (Å²) in [6.45, 7) is 2.81. The maximum absolute atomic E-state index is 13.0. The van der Waals surface area contributed by atoms with Crippen LogP contribution in [0.2, 0.25) is 0 Å². The Morgan fingerprint density at radius 3 is 2.61 bits per heavy atom. The number of nitrogens with zero attached hydrogens (tertiary/aromatic N) is 1. The van der Waals surface area contributed by atoms with E-state index in [-0.39, 0.29) is 11.9 Å². The van der Waals surface area contributed by atoms with E-state index in [1.807, 2.05) is 6.92 Å². The molecule has 2 rings (SSSR count). The highest BCUT2D eigenvalue weighted by Gasteiger charge is 2.15. The standard InChI is InChI=1S/C14H16FN3/c1-2-18-14(10-3-5-11(15)6-4-10)12-9-17-8-7-13(12)16/h3-9,14,18H,2H2,1H3,(H2,16,17). The molecule has 0 aliphatic heterocycles. The van der Waals surface area contributed by atoms with Crippen LogP contribution < -0.4 is 11.1 Å². The van der Waals surface area contributed by atoms with Crippen LogP contribution in [0.25, 0.3) is 0 Å². The number of nitrogens with one attached hydrogen (secondary N) is 1. The van der Waals surface area contributed by atoms with Gasteiger partial charge in [0.25, 0.3) is 0 Å². The molecular formula is C14H16FN3. The van der Waals surface area contributed by atoms with Gasteiger partial charge < -0.3 is 11.1 Å². The fourth-order valence-corrected chi connectivity index (χ4v) is 1.93. The summed E-state index contributed by atoms with van der Waals surface area (Å²) in [6, 6.07) is 8.12. The van der Waals surface area contributed by atoms with Crippen LogP contribution in [0.4, 0.5) is 10.1 Å². The van der Waals surface area contributed by atoms with Crippen LogP contribution >= 0.6 is 0 Å². The topological polar surface area (TPSA) is 50.9 Å². The minimum Gasteiger partial charge on any atom is -0.398 e. The van der Waals surface area contributed by atoms with Crippen LogP contribution in [0, 0.1) is 5.82 Å². The first-order valence-corrected chi connectivity index (χ1v) is 5.90. The highest BCUT2D eigenvalue weighted by molar-refractivity contribution is 5.49. The van der Waals surface area contributed by atoms with E-state index in [4.69, 9.17) is 5.73 Å². The summed E-state index contributed by atoms with van der Waals surface area (Å²) in [6.07, 6.45) is 3.40. The van der Waals surface area contributed by atoms with Gasteiger partial charge in [-0.3, -0.25) is 4.98 Å². The molecule has 1 heterocycles. The number of nitrogen functional groups attached to an aromatic ring is 1.